The number of nitrogens with two attached hydrogens (primary N) is 1. The molecule has 1 unspecified atom stereocenters. The number of amides is 1. The number of likely N-dealkylation sites (tertiary alicyclic amines) is 1. The topological polar surface area (TPSA) is 92.0 Å². The monoisotopic (exact) mass is 565 g/mol. The summed E-state index contributed by atoms with van der Waals surface area (Å²) in [5.41, 5.74) is 7.53. The molecule has 2 aromatic rings. The number of hydrogen-bond donors (Lipinski definition) is 3. The summed E-state index contributed by atoms with van der Waals surface area (Å²) < 4.78 is 5.39. The average Bonchev–Trinajstić information content (AvgIpc) is 2.82. The van der Waals surface area contributed by atoms with Gasteiger partial charge in [-0.1, -0.05) is 42.5 Å². The van der Waals surface area contributed by atoms with Gasteiger partial charge in [0.15, 0.2) is 12.6 Å². The lowest BCUT2D eigenvalue weighted by molar-refractivity contribution is -0.119. The Labute approximate surface area is 214 Å². The molecule has 7 nitrogen and oxygen atoms in total. The van der Waals surface area contributed by atoms with E-state index in [4.69, 9.17) is 15.5 Å². The van der Waals surface area contributed by atoms with Crippen LogP contribution >= 0.6 is 24.0 Å². The van der Waals surface area contributed by atoms with Crippen molar-refractivity contribution in [3.05, 3.63) is 65.7 Å². The van der Waals surface area contributed by atoms with E-state index in [1.807, 2.05) is 24.3 Å². The summed E-state index contributed by atoms with van der Waals surface area (Å²) >= 11 is 0. The molecule has 4 N–H and O–H groups in total. The van der Waals surface area contributed by atoms with Crippen LogP contribution in [-0.2, 0) is 11.3 Å². The Bertz CT molecular complexity index is 885. The van der Waals surface area contributed by atoms with Crippen molar-refractivity contribution < 1.29 is 9.53 Å². The molecule has 1 saturated heterocycles. The van der Waals surface area contributed by atoms with Crippen molar-refractivity contribution >= 4 is 35.8 Å². The zero-order valence-corrected chi connectivity index (χ0v) is 21.8. The van der Waals surface area contributed by atoms with Crippen molar-refractivity contribution in [3.63, 3.8) is 0 Å². The standard InChI is InChI=1S/C25H35N5O2.HI/c1-3-27-25(28-17-20-8-7-11-23(16-20)32-18-24(26)31)29-22-12-14-30(15-13-22)19(2)21-9-5-4-6-10-21;/h4-11,16,19,22H,3,12-15,17-18H2,1-2H3,(H2,26,31)(H2,27,28,29);1H. The first-order chi connectivity index (χ1) is 15.5. The first kappa shape index (κ1) is 26.9. The number of benzene rings is 2. The molecule has 0 saturated carbocycles. The van der Waals surface area contributed by atoms with Crippen LogP contribution in [0, 0.1) is 0 Å². The molecule has 3 rings (SSSR count). The molecule has 1 aliphatic heterocycles. The minimum absolute atomic E-state index is 0. The quantitative estimate of drug-likeness (QED) is 0.246. The van der Waals surface area contributed by atoms with Crippen molar-refractivity contribution in [2.24, 2.45) is 10.7 Å². The SMILES string of the molecule is CCNC(=NCc1cccc(OCC(N)=O)c1)NC1CCN(C(C)c2ccccc2)CC1.I. The lowest BCUT2D eigenvalue weighted by Crippen LogP contribution is -2.49. The molecule has 0 aliphatic carbocycles. The lowest BCUT2D eigenvalue weighted by atomic mass is 10.0. The van der Waals surface area contributed by atoms with E-state index in [2.05, 4.69) is 59.7 Å². The summed E-state index contributed by atoms with van der Waals surface area (Å²) in [6.07, 6.45) is 2.16. The first-order valence-corrected chi connectivity index (χ1v) is 11.4. The summed E-state index contributed by atoms with van der Waals surface area (Å²) in [6.45, 7) is 7.68. The minimum Gasteiger partial charge on any atom is -0.484 e. The molecule has 2 aromatic carbocycles. The number of guanidine groups is 1. The molecular weight excluding hydrogens is 529 g/mol. The number of carbonyl (C=O) groups excluding carboxylic acids is 1. The Morgan fingerprint density at radius 3 is 2.58 bits per heavy atom. The van der Waals surface area contributed by atoms with Gasteiger partial charge in [-0.3, -0.25) is 9.69 Å². The average molecular weight is 566 g/mol. The maximum absolute atomic E-state index is 10.9. The summed E-state index contributed by atoms with van der Waals surface area (Å²) in [5.74, 6) is 0.955. The van der Waals surface area contributed by atoms with E-state index in [0.717, 1.165) is 44.0 Å². The minimum atomic E-state index is -0.490. The van der Waals surface area contributed by atoms with Crippen molar-refractivity contribution in [3.8, 4) is 5.75 Å². The lowest BCUT2D eigenvalue weighted by Gasteiger charge is -2.37. The highest BCUT2D eigenvalue weighted by Gasteiger charge is 2.24. The highest BCUT2D eigenvalue weighted by atomic mass is 127. The molecule has 0 radical (unpaired) electrons. The summed E-state index contributed by atoms with van der Waals surface area (Å²) in [4.78, 5) is 18.2. The smallest absolute Gasteiger partial charge is 0.255 e. The van der Waals surface area contributed by atoms with Crippen LogP contribution < -0.4 is 21.1 Å². The Morgan fingerprint density at radius 1 is 1.18 bits per heavy atom. The predicted molar refractivity (Wildman–Crippen MR) is 144 cm³/mol. The maximum atomic E-state index is 10.9. The van der Waals surface area contributed by atoms with Crippen LogP contribution in [0.15, 0.2) is 59.6 Å². The molecule has 1 heterocycles. The zero-order chi connectivity index (χ0) is 22.8. The van der Waals surface area contributed by atoms with Crippen molar-refractivity contribution in [1.82, 2.24) is 15.5 Å². The van der Waals surface area contributed by atoms with E-state index in [0.29, 0.717) is 24.4 Å². The van der Waals surface area contributed by atoms with Gasteiger partial charge in [-0.2, -0.15) is 0 Å². The van der Waals surface area contributed by atoms with Crippen LogP contribution in [0.5, 0.6) is 5.75 Å². The van der Waals surface area contributed by atoms with Gasteiger partial charge in [0.2, 0.25) is 0 Å². The van der Waals surface area contributed by atoms with Gasteiger partial charge >= 0.3 is 0 Å². The van der Waals surface area contributed by atoms with Crippen molar-refractivity contribution in [1.29, 1.82) is 0 Å². The van der Waals surface area contributed by atoms with E-state index in [9.17, 15) is 4.79 Å². The van der Waals surface area contributed by atoms with Gasteiger partial charge in [-0.15, -0.1) is 24.0 Å². The molecule has 1 atom stereocenters. The second kappa shape index (κ2) is 14.0. The van der Waals surface area contributed by atoms with E-state index in [1.54, 1.807) is 0 Å². The molecule has 0 spiro atoms. The molecule has 0 bridgehead atoms. The number of hydrogen-bond acceptors (Lipinski definition) is 4. The number of nitrogens with zero attached hydrogens (tertiary/aromatic N) is 2. The van der Waals surface area contributed by atoms with Gasteiger partial charge in [-0.05, 0) is 49.9 Å². The molecule has 1 amide bonds. The van der Waals surface area contributed by atoms with Crippen molar-refractivity contribution in [2.45, 2.75) is 45.3 Å². The molecule has 180 valence electrons. The Kier molecular flexibility index (Phi) is 11.5. The predicted octanol–water partition coefficient (Wildman–Crippen LogP) is 3.45. The summed E-state index contributed by atoms with van der Waals surface area (Å²) in [5, 5.41) is 6.95. The molecule has 8 heteroatoms. The number of primary amides is 1. The fraction of sp³-hybridized carbons (Fsp3) is 0.440. The first-order valence-electron chi connectivity index (χ1n) is 11.4. The normalized spacial score (nSPS) is 15.9. The second-order valence-electron chi connectivity index (χ2n) is 8.14. The Hall–Kier alpha value is -2.33. The largest absolute Gasteiger partial charge is 0.484 e. The van der Waals surface area contributed by atoms with Crippen molar-refractivity contribution in [2.75, 3.05) is 26.2 Å². The number of halogens is 1. The third-order valence-corrected chi connectivity index (χ3v) is 5.74. The Morgan fingerprint density at radius 2 is 1.91 bits per heavy atom. The van der Waals surface area contributed by atoms with Crippen LogP contribution in [0.2, 0.25) is 0 Å². The van der Waals surface area contributed by atoms with E-state index < -0.39 is 5.91 Å². The number of ether oxygens (including phenoxy) is 1. The third kappa shape index (κ3) is 8.85. The number of nitrogens with one attached hydrogen (secondary N) is 2. The zero-order valence-electron chi connectivity index (χ0n) is 19.5. The summed E-state index contributed by atoms with van der Waals surface area (Å²) in [7, 11) is 0. The third-order valence-electron chi connectivity index (χ3n) is 5.74. The molecular formula is C25H36IN5O2. The van der Waals surface area contributed by atoms with E-state index >= 15 is 0 Å². The van der Waals surface area contributed by atoms with Crippen LogP contribution in [0.4, 0.5) is 0 Å². The van der Waals surface area contributed by atoms with Gasteiger partial charge < -0.3 is 21.1 Å². The van der Waals surface area contributed by atoms with Crippen LogP contribution in [0.3, 0.4) is 0 Å². The van der Waals surface area contributed by atoms with Gasteiger partial charge in [0.05, 0.1) is 6.54 Å². The van der Waals surface area contributed by atoms with E-state index in [1.165, 1.54) is 5.56 Å². The number of carbonyl (C=O) groups is 1. The van der Waals surface area contributed by atoms with Crippen LogP contribution in [-0.4, -0.2) is 49.0 Å². The second-order valence-corrected chi connectivity index (χ2v) is 8.14. The fourth-order valence-electron chi connectivity index (χ4n) is 3.95. The molecule has 1 fully saturated rings. The maximum Gasteiger partial charge on any atom is 0.255 e. The van der Waals surface area contributed by atoms with Crippen LogP contribution in [0.1, 0.15) is 43.9 Å². The molecule has 1 aliphatic rings. The number of rotatable bonds is 9. The number of aliphatic imine (C=N–C) groups is 1. The van der Waals surface area contributed by atoms with Crippen LogP contribution in [0.25, 0.3) is 0 Å². The fourth-order valence-corrected chi connectivity index (χ4v) is 3.95. The molecule has 33 heavy (non-hydrogen) atoms. The summed E-state index contributed by atoms with van der Waals surface area (Å²) in [6, 6.07) is 19.1. The highest BCUT2D eigenvalue weighted by Crippen LogP contribution is 2.24. The number of piperidine rings is 1. The Balaban J connectivity index is 0.00000385. The van der Waals surface area contributed by atoms with Gasteiger partial charge in [0, 0.05) is 31.7 Å². The van der Waals surface area contributed by atoms with Gasteiger partial charge in [0.25, 0.3) is 5.91 Å². The van der Waals surface area contributed by atoms with Gasteiger partial charge in [-0.25, -0.2) is 4.99 Å². The highest BCUT2D eigenvalue weighted by molar-refractivity contribution is 14.0. The van der Waals surface area contributed by atoms with E-state index in [-0.39, 0.29) is 30.6 Å². The molecule has 0 aromatic heterocycles. The van der Waals surface area contributed by atoms with Gasteiger partial charge in [0.1, 0.15) is 5.75 Å².